The van der Waals surface area contributed by atoms with Gasteiger partial charge in [-0.15, -0.1) is 6.58 Å². The lowest BCUT2D eigenvalue weighted by atomic mass is 9.85. The maximum Gasteiger partial charge on any atom is 0.239 e. The molecule has 92 valence electrons. The van der Waals surface area contributed by atoms with E-state index in [1.807, 2.05) is 0 Å². The van der Waals surface area contributed by atoms with Crippen molar-refractivity contribution >= 4 is 5.91 Å². The number of hydrogen-bond acceptors (Lipinski definition) is 2. The first kappa shape index (κ1) is 13.2. The summed E-state index contributed by atoms with van der Waals surface area (Å²) in [5, 5.41) is 0. The fraction of sp³-hybridized carbons (Fsp3) is 0.769. The molecule has 0 spiro atoms. The van der Waals surface area contributed by atoms with E-state index in [0.717, 1.165) is 6.42 Å². The van der Waals surface area contributed by atoms with Gasteiger partial charge in [-0.05, 0) is 12.3 Å². The third-order valence-corrected chi connectivity index (χ3v) is 3.41. The standard InChI is InChI=1S/C13H24N2O/c1-3-9-15(2)13(16)12(14)10-11-7-5-4-6-8-11/h3,11-12H,1,4-10,14H2,2H3. The Morgan fingerprint density at radius 2 is 2.12 bits per heavy atom. The quantitative estimate of drug-likeness (QED) is 0.725. The highest BCUT2D eigenvalue weighted by molar-refractivity contribution is 5.81. The number of likely N-dealkylation sites (N-methyl/N-ethyl adjacent to an activating group) is 1. The second-order valence-electron chi connectivity index (χ2n) is 4.85. The van der Waals surface area contributed by atoms with Crippen molar-refractivity contribution in [1.82, 2.24) is 4.90 Å². The second kappa shape index (κ2) is 6.69. The molecule has 0 aromatic rings. The molecule has 1 unspecified atom stereocenters. The van der Waals surface area contributed by atoms with Crippen LogP contribution < -0.4 is 5.73 Å². The van der Waals surface area contributed by atoms with Gasteiger partial charge in [0.1, 0.15) is 0 Å². The third kappa shape index (κ3) is 3.97. The van der Waals surface area contributed by atoms with Gasteiger partial charge in [0.15, 0.2) is 0 Å². The van der Waals surface area contributed by atoms with Gasteiger partial charge in [0, 0.05) is 13.6 Å². The van der Waals surface area contributed by atoms with Gasteiger partial charge in [-0.1, -0.05) is 38.2 Å². The smallest absolute Gasteiger partial charge is 0.239 e. The van der Waals surface area contributed by atoms with Gasteiger partial charge < -0.3 is 10.6 Å². The molecule has 0 radical (unpaired) electrons. The summed E-state index contributed by atoms with van der Waals surface area (Å²) in [5.74, 6) is 0.704. The average molecular weight is 224 g/mol. The van der Waals surface area contributed by atoms with E-state index >= 15 is 0 Å². The molecule has 0 aromatic carbocycles. The van der Waals surface area contributed by atoms with Gasteiger partial charge in [0.05, 0.1) is 6.04 Å². The van der Waals surface area contributed by atoms with E-state index in [2.05, 4.69) is 6.58 Å². The van der Waals surface area contributed by atoms with Crippen molar-refractivity contribution in [2.75, 3.05) is 13.6 Å². The Morgan fingerprint density at radius 1 is 1.50 bits per heavy atom. The molecule has 1 atom stereocenters. The van der Waals surface area contributed by atoms with Crippen molar-refractivity contribution in [2.45, 2.75) is 44.6 Å². The Labute approximate surface area is 98.7 Å². The number of carbonyl (C=O) groups excluding carboxylic acids is 1. The zero-order valence-electron chi connectivity index (χ0n) is 10.3. The summed E-state index contributed by atoms with van der Waals surface area (Å²) in [6.07, 6.45) is 9.00. The number of amides is 1. The zero-order chi connectivity index (χ0) is 12.0. The third-order valence-electron chi connectivity index (χ3n) is 3.41. The first-order valence-electron chi connectivity index (χ1n) is 6.26. The summed E-state index contributed by atoms with van der Waals surface area (Å²) in [6.45, 7) is 4.20. The van der Waals surface area contributed by atoms with Crippen LogP contribution in [0.4, 0.5) is 0 Å². The SMILES string of the molecule is C=CCN(C)C(=O)C(N)CC1CCCCC1. The highest BCUT2D eigenvalue weighted by Gasteiger charge is 2.22. The van der Waals surface area contributed by atoms with Crippen LogP contribution in [-0.4, -0.2) is 30.4 Å². The lowest BCUT2D eigenvalue weighted by Crippen LogP contribution is -2.43. The molecule has 3 heteroatoms. The van der Waals surface area contributed by atoms with Gasteiger partial charge in [0.2, 0.25) is 5.91 Å². The molecule has 1 aliphatic rings. The van der Waals surface area contributed by atoms with E-state index in [4.69, 9.17) is 5.73 Å². The minimum Gasteiger partial charge on any atom is -0.341 e. The molecule has 0 aromatic heterocycles. The maximum atomic E-state index is 11.9. The van der Waals surface area contributed by atoms with Crippen LogP contribution in [0.5, 0.6) is 0 Å². The Kier molecular flexibility index (Phi) is 5.53. The van der Waals surface area contributed by atoms with Crippen LogP contribution in [0.3, 0.4) is 0 Å². The highest BCUT2D eigenvalue weighted by atomic mass is 16.2. The largest absolute Gasteiger partial charge is 0.341 e. The first-order chi connectivity index (χ1) is 7.65. The summed E-state index contributed by atoms with van der Waals surface area (Å²) >= 11 is 0. The van der Waals surface area contributed by atoms with Crippen molar-refractivity contribution in [3.05, 3.63) is 12.7 Å². The minimum absolute atomic E-state index is 0.0467. The molecule has 3 nitrogen and oxygen atoms in total. The van der Waals surface area contributed by atoms with Crippen LogP contribution in [0.1, 0.15) is 38.5 Å². The zero-order valence-corrected chi connectivity index (χ0v) is 10.3. The van der Waals surface area contributed by atoms with Crippen LogP contribution >= 0.6 is 0 Å². The molecular formula is C13H24N2O. The lowest BCUT2D eigenvalue weighted by molar-refractivity contribution is -0.131. The minimum atomic E-state index is -0.326. The Morgan fingerprint density at radius 3 is 2.69 bits per heavy atom. The molecule has 0 bridgehead atoms. The number of carbonyl (C=O) groups is 1. The van der Waals surface area contributed by atoms with E-state index in [0.29, 0.717) is 12.5 Å². The second-order valence-corrected chi connectivity index (χ2v) is 4.85. The number of nitrogens with two attached hydrogens (primary N) is 1. The van der Waals surface area contributed by atoms with Gasteiger partial charge in [-0.2, -0.15) is 0 Å². The van der Waals surface area contributed by atoms with E-state index in [1.165, 1.54) is 32.1 Å². The summed E-state index contributed by atoms with van der Waals surface area (Å²) in [6, 6.07) is -0.326. The Bertz CT molecular complexity index is 234. The highest BCUT2D eigenvalue weighted by Crippen LogP contribution is 2.27. The van der Waals surface area contributed by atoms with Crippen LogP contribution in [0.2, 0.25) is 0 Å². The predicted octanol–water partition coefficient (Wildman–Crippen LogP) is 1.93. The van der Waals surface area contributed by atoms with Crippen molar-refractivity contribution < 1.29 is 4.79 Å². The molecular weight excluding hydrogens is 200 g/mol. The molecule has 1 aliphatic carbocycles. The molecule has 1 saturated carbocycles. The van der Waals surface area contributed by atoms with Gasteiger partial charge >= 0.3 is 0 Å². The molecule has 1 rings (SSSR count). The van der Waals surface area contributed by atoms with Gasteiger partial charge in [-0.3, -0.25) is 4.79 Å². The van der Waals surface area contributed by atoms with Crippen molar-refractivity contribution in [2.24, 2.45) is 11.7 Å². The van der Waals surface area contributed by atoms with E-state index in [1.54, 1.807) is 18.0 Å². The van der Waals surface area contributed by atoms with Crippen LogP contribution in [0.15, 0.2) is 12.7 Å². The van der Waals surface area contributed by atoms with Crippen molar-refractivity contribution in [3.63, 3.8) is 0 Å². The summed E-state index contributed by atoms with van der Waals surface area (Å²) < 4.78 is 0. The Hall–Kier alpha value is -0.830. The Balaban J connectivity index is 2.34. The molecule has 0 saturated heterocycles. The number of nitrogens with zero attached hydrogens (tertiary/aromatic N) is 1. The normalized spacial score (nSPS) is 19.1. The fourth-order valence-electron chi connectivity index (χ4n) is 2.45. The topological polar surface area (TPSA) is 46.3 Å². The van der Waals surface area contributed by atoms with E-state index in [9.17, 15) is 4.79 Å². The van der Waals surface area contributed by atoms with E-state index < -0.39 is 0 Å². The van der Waals surface area contributed by atoms with Crippen molar-refractivity contribution in [3.8, 4) is 0 Å². The molecule has 2 N–H and O–H groups in total. The molecule has 1 amide bonds. The van der Waals surface area contributed by atoms with Crippen LogP contribution in [0, 0.1) is 5.92 Å². The lowest BCUT2D eigenvalue weighted by Gasteiger charge is -2.26. The molecule has 16 heavy (non-hydrogen) atoms. The summed E-state index contributed by atoms with van der Waals surface area (Å²) in [7, 11) is 1.78. The van der Waals surface area contributed by atoms with Gasteiger partial charge in [-0.25, -0.2) is 0 Å². The first-order valence-corrected chi connectivity index (χ1v) is 6.26. The fourth-order valence-corrected chi connectivity index (χ4v) is 2.45. The monoisotopic (exact) mass is 224 g/mol. The van der Waals surface area contributed by atoms with Crippen molar-refractivity contribution in [1.29, 1.82) is 0 Å². The van der Waals surface area contributed by atoms with Crippen LogP contribution in [0.25, 0.3) is 0 Å². The summed E-state index contributed by atoms with van der Waals surface area (Å²) in [5.41, 5.74) is 5.95. The maximum absolute atomic E-state index is 11.9. The summed E-state index contributed by atoms with van der Waals surface area (Å²) in [4.78, 5) is 13.5. The number of rotatable bonds is 5. The number of hydrogen-bond donors (Lipinski definition) is 1. The predicted molar refractivity (Wildman–Crippen MR) is 67.0 cm³/mol. The molecule has 0 heterocycles. The molecule has 0 aliphatic heterocycles. The van der Waals surface area contributed by atoms with Crippen LogP contribution in [-0.2, 0) is 4.79 Å². The molecule has 1 fully saturated rings. The van der Waals surface area contributed by atoms with E-state index in [-0.39, 0.29) is 11.9 Å². The van der Waals surface area contributed by atoms with Gasteiger partial charge in [0.25, 0.3) is 0 Å². The average Bonchev–Trinajstić information content (AvgIpc) is 2.29.